The normalized spacial score (nSPS) is 12.6. The van der Waals surface area contributed by atoms with Gasteiger partial charge in [-0.2, -0.15) is 5.10 Å². The van der Waals surface area contributed by atoms with Crippen LogP contribution in [0.5, 0.6) is 23.0 Å². The summed E-state index contributed by atoms with van der Waals surface area (Å²) in [5, 5.41) is 3.90. The van der Waals surface area contributed by atoms with Gasteiger partial charge >= 0.3 is 0 Å². The van der Waals surface area contributed by atoms with Crippen molar-refractivity contribution >= 4 is 43.8 Å². The number of carbonyl (C=O) groups excluding carboxylic acids is 1. The summed E-state index contributed by atoms with van der Waals surface area (Å²) in [5.74, 6) is 1.25. The second-order valence-corrected chi connectivity index (χ2v) is 9.09. The lowest BCUT2D eigenvalue weighted by atomic mass is 10.2. The Bertz CT molecular complexity index is 1120. The predicted octanol–water partition coefficient (Wildman–Crippen LogP) is 2.11. The number of rotatable bonds is 8. The first-order valence-electron chi connectivity index (χ1n) is 8.83. The predicted molar refractivity (Wildman–Crippen MR) is 118 cm³/mol. The summed E-state index contributed by atoms with van der Waals surface area (Å²) in [7, 11) is -0.920. The van der Waals surface area contributed by atoms with E-state index < -0.39 is 22.5 Å². The van der Waals surface area contributed by atoms with Gasteiger partial charge in [0, 0.05) is 16.1 Å². The molecule has 3 rings (SSSR count). The second kappa shape index (κ2) is 9.43. The molecule has 1 amide bonds. The Morgan fingerprint density at radius 2 is 1.94 bits per heavy atom. The van der Waals surface area contributed by atoms with E-state index in [-0.39, 0.29) is 18.2 Å². The van der Waals surface area contributed by atoms with Gasteiger partial charge < -0.3 is 18.9 Å². The van der Waals surface area contributed by atoms with Gasteiger partial charge in [-0.05, 0) is 40.2 Å². The fourth-order valence-corrected chi connectivity index (χ4v) is 4.03. The third-order valence-electron chi connectivity index (χ3n) is 4.23. The van der Waals surface area contributed by atoms with Crippen molar-refractivity contribution in [3.05, 3.63) is 40.4 Å². The first kappa shape index (κ1) is 22.7. The van der Waals surface area contributed by atoms with Crippen molar-refractivity contribution in [2.75, 3.05) is 38.1 Å². The number of methoxy groups -OCH3 is 2. The number of ether oxygens (including phenoxy) is 4. The fourth-order valence-electron chi connectivity index (χ4n) is 2.74. The largest absolute Gasteiger partial charge is 0.497 e. The fraction of sp³-hybridized carbons (Fsp3) is 0.263. The Kier molecular flexibility index (Phi) is 6.91. The molecule has 1 N–H and O–H groups in total. The minimum Gasteiger partial charge on any atom is -0.497 e. The Labute approximate surface area is 187 Å². The number of sulfonamides is 1. The molecule has 0 aliphatic carbocycles. The van der Waals surface area contributed by atoms with Crippen LogP contribution >= 0.6 is 15.9 Å². The minimum absolute atomic E-state index is 0.134. The number of fused-ring (bicyclic) bond motifs is 1. The van der Waals surface area contributed by atoms with Crippen molar-refractivity contribution in [3.8, 4) is 23.0 Å². The van der Waals surface area contributed by atoms with Crippen molar-refractivity contribution in [1.82, 2.24) is 5.43 Å². The topological polar surface area (TPSA) is 116 Å². The Hall–Kier alpha value is -2.99. The zero-order valence-corrected chi connectivity index (χ0v) is 19.3. The van der Waals surface area contributed by atoms with Crippen LogP contribution in [-0.4, -0.2) is 54.4 Å². The summed E-state index contributed by atoms with van der Waals surface area (Å²) in [6.45, 7) is -0.365. The van der Waals surface area contributed by atoms with E-state index in [0.717, 1.165) is 10.6 Å². The molecule has 31 heavy (non-hydrogen) atoms. The number of halogens is 1. The van der Waals surface area contributed by atoms with Gasteiger partial charge in [-0.25, -0.2) is 13.8 Å². The molecule has 0 spiro atoms. The third kappa shape index (κ3) is 5.39. The number of carbonyl (C=O) groups is 1. The van der Waals surface area contributed by atoms with Gasteiger partial charge in [0.05, 0.1) is 32.4 Å². The quantitative estimate of drug-likeness (QED) is 0.424. The maximum absolute atomic E-state index is 12.4. The standard InChI is InChI=1S/C19H20BrN3O7S/c1-27-13-4-5-15(16(7-13)28-2)23(31(3,25)26)10-19(24)22-21-9-12-6-17-18(8-14(12)20)30-11-29-17/h4-9H,10-11H2,1-3H3,(H,22,24)/b21-9-. The van der Waals surface area contributed by atoms with Crippen LogP contribution in [0.25, 0.3) is 0 Å². The van der Waals surface area contributed by atoms with Crippen LogP contribution < -0.4 is 28.7 Å². The highest BCUT2D eigenvalue weighted by molar-refractivity contribution is 9.10. The molecule has 0 atom stereocenters. The highest BCUT2D eigenvalue weighted by atomic mass is 79.9. The summed E-state index contributed by atoms with van der Waals surface area (Å²) in [4.78, 5) is 12.4. The van der Waals surface area contributed by atoms with E-state index >= 15 is 0 Å². The van der Waals surface area contributed by atoms with Gasteiger partial charge in [0.1, 0.15) is 18.0 Å². The summed E-state index contributed by atoms with van der Waals surface area (Å²) in [6, 6.07) is 8.03. The van der Waals surface area contributed by atoms with Crippen LogP contribution in [0.4, 0.5) is 5.69 Å². The Morgan fingerprint density at radius 3 is 2.58 bits per heavy atom. The number of hydrogen-bond donors (Lipinski definition) is 1. The van der Waals surface area contributed by atoms with Gasteiger partial charge in [-0.15, -0.1) is 0 Å². The smallest absolute Gasteiger partial charge is 0.260 e. The van der Waals surface area contributed by atoms with Crippen LogP contribution in [0.1, 0.15) is 5.56 Å². The van der Waals surface area contributed by atoms with E-state index in [1.807, 2.05) is 0 Å². The van der Waals surface area contributed by atoms with E-state index in [1.54, 1.807) is 18.2 Å². The van der Waals surface area contributed by atoms with Crippen molar-refractivity contribution in [2.45, 2.75) is 0 Å². The average molecular weight is 514 g/mol. The molecule has 2 aromatic carbocycles. The van der Waals surface area contributed by atoms with Gasteiger partial charge in [0.2, 0.25) is 16.8 Å². The molecule has 166 valence electrons. The van der Waals surface area contributed by atoms with Crippen LogP contribution in [0.2, 0.25) is 0 Å². The highest BCUT2D eigenvalue weighted by Crippen LogP contribution is 2.36. The van der Waals surface area contributed by atoms with Crippen LogP contribution in [-0.2, 0) is 14.8 Å². The summed E-state index contributed by atoms with van der Waals surface area (Å²) in [5.41, 5.74) is 3.16. The van der Waals surface area contributed by atoms with Crippen molar-refractivity contribution < 1.29 is 32.2 Å². The van der Waals surface area contributed by atoms with Crippen molar-refractivity contribution in [3.63, 3.8) is 0 Å². The molecule has 0 saturated heterocycles. The first-order valence-corrected chi connectivity index (χ1v) is 11.5. The van der Waals surface area contributed by atoms with Crippen LogP contribution in [0.15, 0.2) is 39.9 Å². The van der Waals surface area contributed by atoms with Gasteiger partial charge in [0.15, 0.2) is 11.5 Å². The van der Waals surface area contributed by atoms with Gasteiger partial charge in [0.25, 0.3) is 5.91 Å². The number of hydrazone groups is 1. The Balaban J connectivity index is 1.75. The molecular weight excluding hydrogens is 494 g/mol. The monoisotopic (exact) mass is 513 g/mol. The molecule has 0 saturated carbocycles. The number of nitrogens with one attached hydrogen (secondary N) is 1. The van der Waals surface area contributed by atoms with Gasteiger partial charge in [-0.1, -0.05) is 0 Å². The van der Waals surface area contributed by atoms with E-state index in [1.165, 1.54) is 32.6 Å². The molecule has 0 radical (unpaired) electrons. The summed E-state index contributed by atoms with van der Waals surface area (Å²) >= 11 is 3.39. The summed E-state index contributed by atoms with van der Waals surface area (Å²) in [6.07, 6.45) is 2.40. The molecule has 0 fully saturated rings. The van der Waals surface area contributed by atoms with Crippen molar-refractivity contribution in [1.29, 1.82) is 0 Å². The maximum Gasteiger partial charge on any atom is 0.260 e. The number of hydrogen-bond acceptors (Lipinski definition) is 8. The molecule has 1 aliphatic rings. The Morgan fingerprint density at radius 1 is 1.23 bits per heavy atom. The van der Waals surface area contributed by atoms with E-state index in [9.17, 15) is 13.2 Å². The minimum atomic E-state index is -3.79. The lowest BCUT2D eigenvalue weighted by Crippen LogP contribution is -2.39. The van der Waals surface area contributed by atoms with E-state index in [0.29, 0.717) is 27.3 Å². The first-order chi connectivity index (χ1) is 14.7. The average Bonchev–Trinajstić information content (AvgIpc) is 3.18. The van der Waals surface area contributed by atoms with Crippen LogP contribution in [0.3, 0.4) is 0 Å². The molecule has 0 unspecified atom stereocenters. The SMILES string of the molecule is COc1ccc(N(CC(=O)N/N=C\c2cc3c(cc2Br)OCO3)S(C)(=O)=O)c(OC)c1. The number of nitrogens with zero attached hydrogens (tertiary/aromatic N) is 2. The molecule has 1 aliphatic heterocycles. The number of benzene rings is 2. The molecule has 2 aromatic rings. The lowest BCUT2D eigenvalue weighted by molar-refractivity contribution is -0.119. The highest BCUT2D eigenvalue weighted by Gasteiger charge is 2.24. The van der Waals surface area contributed by atoms with Gasteiger partial charge in [-0.3, -0.25) is 9.10 Å². The molecule has 12 heteroatoms. The maximum atomic E-state index is 12.4. The molecule has 0 aromatic heterocycles. The molecular formula is C19H20BrN3O7S. The molecule has 1 heterocycles. The van der Waals surface area contributed by atoms with Crippen molar-refractivity contribution in [2.24, 2.45) is 5.10 Å². The number of anilines is 1. The zero-order valence-electron chi connectivity index (χ0n) is 16.9. The number of amides is 1. The van der Waals surface area contributed by atoms with Crippen LogP contribution in [0, 0.1) is 0 Å². The molecule has 10 nitrogen and oxygen atoms in total. The van der Waals surface area contributed by atoms with E-state index in [2.05, 4.69) is 26.5 Å². The third-order valence-corrected chi connectivity index (χ3v) is 6.04. The zero-order chi connectivity index (χ0) is 22.6. The summed E-state index contributed by atoms with van der Waals surface area (Å²) < 4.78 is 47.2. The lowest BCUT2D eigenvalue weighted by Gasteiger charge is -2.23. The molecule has 0 bridgehead atoms. The second-order valence-electron chi connectivity index (χ2n) is 6.33. The van der Waals surface area contributed by atoms with E-state index in [4.69, 9.17) is 18.9 Å².